The topological polar surface area (TPSA) is 49.4 Å². The van der Waals surface area contributed by atoms with Crippen LogP contribution in [0.4, 0.5) is 5.69 Å². The summed E-state index contributed by atoms with van der Waals surface area (Å²) in [6, 6.07) is 27.3. The first-order chi connectivity index (χ1) is 15.2. The van der Waals surface area contributed by atoms with Gasteiger partial charge in [-0.05, 0) is 41.3 Å². The number of nitrogens with one attached hydrogen (secondary N) is 1. The molecule has 3 aromatic rings. The highest BCUT2D eigenvalue weighted by atomic mass is 16.2. The Kier molecular flexibility index (Phi) is 8.18. The van der Waals surface area contributed by atoms with Crippen LogP contribution in [0.3, 0.4) is 0 Å². The van der Waals surface area contributed by atoms with Crippen molar-refractivity contribution in [3.63, 3.8) is 0 Å². The molecule has 0 spiro atoms. The van der Waals surface area contributed by atoms with Crippen LogP contribution >= 0.6 is 0 Å². The monoisotopic (exact) mass is 412 g/mol. The van der Waals surface area contributed by atoms with Crippen LogP contribution in [-0.4, -0.2) is 18.4 Å². The van der Waals surface area contributed by atoms with E-state index in [0.717, 1.165) is 28.8 Å². The Balaban J connectivity index is 1.83. The van der Waals surface area contributed by atoms with E-state index in [0.29, 0.717) is 19.5 Å². The summed E-state index contributed by atoms with van der Waals surface area (Å²) in [7, 11) is 0. The number of benzene rings is 3. The van der Waals surface area contributed by atoms with Crippen LogP contribution in [0, 0.1) is 0 Å². The second kappa shape index (κ2) is 11.5. The van der Waals surface area contributed by atoms with Crippen molar-refractivity contribution in [3.05, 3.63) is 108 Å². The molecular formula is C27H28N2O2. The van der Waals surface area contributed by atoms with Gasteiger partial charge < -0.3 is 10.2 Å². The molecule has 4 heteroatoms. The number of carbonyl (C=O) groups excluding carboxylic acids is 2. The van der Waals surface area contributed by atoms with Gasteiger partial charge in [0.15, 0.2) is 0 Å². The van der Waals surface area contributed by atoms with Crippen LogP contribution in [0.15, 0.2) is 91.0 Å². The Morgan fingerprint density at radius 3 is 2.26 bits per heavy atom. The van der Waals surface area contributed by atoms with Crippen LogP contribution in [0.25, 0.3) is 6.08 Å². The molecule has 0 aliphatic heterocycles. The molecule has 2 amide bonds. The molecule has 0 aliphatic carbocycles. The lowest BCUT2D eigenvalue weighted by Gasteiger charge is -2.22. The van der Waals surface area contributed by atoms with Gasteiger partial charge in [-0.3, -0.25) is 9.59 Å². The summed E-state index contributed by atoms with van der Waals surface area (Å²) < 4.78 is 0. The lowest BCUT2D eigenvalue weighted by atomic mass is 10.1. The fourth-order valence-corrected chi connectivity index (χ4v) is 3.23. The van der Waals surface area contributed by atoms with Gasteiger partial charge in [-0.2, -0.15) is 0 Å². The molecule has 0 aromatic heterocycles. The highest BCUT2D eigenvalue weighted by Gasteiger charge is 2.15. The van der Waals surface area contributed by atoms with Crippen molar-refractivity contribution < 1.29 is 9.59 Å². The summed E-state index contributed by atoms with van der Waals surface area (Å²) in [5.74, 6) is -0.121. The van der Waals surface area contributed by atoms with Crippen LogP contribution in [-0.2, 0) is 22.6 Å². The number of rotatable bonds is 9. The molecule has 1 N–H and O–H groups in total. The lowest BCUT2D eigenvalue weighted by Crippen LogP contribution is -2.29. The molecule has 0 aliphatic rings. The molecule has 31 heavy (non-hydrogen) atoms. The van der Waals surface area contributed by atoms with Crippen molar-refractivity contribution in [1.82, 2.24) is 5.32 Å². The Morgan fingerprint density at radius 1 is 0.871 bits per heavy atom. The first-order valence-corrected chi connectivity index (χ1v) is 10.6. The van der Waals surface area contributed by atoms with Gasteiger partial charge >= 0.3 is 0 Å². The zero-order chi connectivity index (χ0) is 21.9. The van der Waals surface area contributed by atoms with E-state index >= 15 is 0 Å². The molecule has 0 saturated heterocycles. The molecule has 0 fully saturated rings. The number of anilines is 1. The summed E-state index contributed by atoms with van der Waals surface area (Å²) in [6.07, 6.45) is 4.61. The molecule has 0 bridgehead atoms. The fraction of sp³-hybridized carbons (Fsp3) is 0.185. The Bertz CT molecular complexity index is 1010. The second-order valence-corrected chi connectivity index (χ2v) is 7.35. The Hall–Kier alpha value is -3.66. The van der Waals surface area contributed by atoms with Crippen molar-refractivity contribution in [2.24, 2.45) is 0 Å². The normalized spacial score (nSPS) is 10.7. The number of hydrogen-bond donors (Lipinski definition) is 1. The van der Waals surface area contributed by atoms with E-state index in [1.165, 1.54) is 0 Å². The minimum Gasteiger partial charge on any atom is -0.356 e. The Labute approximate surface area is 184 Å². The molecular weight excluding hydrogens is 384 g/mol. The molecule has 4 nitrogen and oxygen atoms in total. The average molecular weight is 413 g/mol. The quantitative estimate of drug-likeness (QED) is 0.503. The van der Waals surface area contributed by atoms with Crippen molar-refractivity contribution >= 4 is 23.6 Å². The molecule has 0 saturated carbocycles. The molecule has 0 heterocycles. The van der Waals surface area contributed by atoms with Crippen LogP contribution in [0.5, 0.6) is 0 Å². The molecule has 0 unspecified atom stereocenters. The average Bonchev–Trinajstić information content (AvgIpc) is 2.81. The van der Waals surface area contributed by atoms with Gasteiger partial charge in [0.25, 0.3) is 5.91 Å². The number of hydrogen-bond acceptors (Lipinski definition) is 2. The van der Waals surface area contributed by atoms with E-state index in [2.05, 4.69) is 5.32 Å². The summed E-state index contributed by atoms with van der Waals surface area (Å²) in [4.78, 5) is 27.0. The highest BCUT2D eigenvalue weighted by molar-refractivity contribution is 6.03. The van der Waals surface area contributed by atoms with Crippen LogP contribution in [0.1, 0.15) is 30.0 Å². The van der Waals surface area contributed by atoms with Crippen molar-refractivity contribution in [2.45, 2.75) is 26.3 Å². The number of amides is 2. The standard InChI is InChI=1S/C27H28N2O2/c1-2-18-28-26(30)20-24-14-9-15-25(19-24)29(21-23-12-7-4-8-13-23)27(31)17-16-22-10-5-3-6-11-22/h3-17,19H,2,18,20-21H2,1H3,(H,28,30). The van der Waals surface area contributed by atoms with E-state index in [1.54, 1.807) is 11.0 Å². The zero-order valence-electron chi connectivity index (χ0n) is 17.8. The van der Waals surface area contributed by atoms with Crippen LogP contribution < -0.4 is 10.2 Å². The highest BCUT2D eigenvalue weighted by Crippen LogP contribution is 2.20. The minimum absolute atomic E-state index is 0.0103. The number of nitrogens with zero attached hydrogens (tertiary/aromatic N) is 1. The maximum Gasteiger partial charge on any atom is 0.251 e. The molecule has 0 atom stereocenters. The SMILES string of the molecule is CCCNC(=O)Cc1cccc(N(Cc2ccccc2)C(=O)C=Cc2ccccc2)c1. The van der Waals surface area contributed by atoms with Crippen molar-refractivity contribution in [3.8, 4) is 0 Å². The second-order valence-electron chi connectivity index (χ2n) is 7.35. The van der Waals surface area contributed by atoms with Gasteiger partial charge in [-0.15, -0.1) is 0 Å². The van der Waals surface area contributed by atoms with Gasteiger partial charge in [-0.1, -0.05) is 79.7 Å². The van der Waals surface area contributed by atoms with Gasteiger partial charge in [-0.25, -0.2) is 0 Å². The summed E-state index contributed by atoms with van der Waals surface area (Å²) in [6.45, 7) is 3.14. The van der Waals surface area contributed by atoms with Crippen molar-refractivity contribution in [1.29, 1.82) is 0 Å². The lowest BCUT2D eigenvalue weighted by molar-refractivity contribution is -0.120. The third kappa shape index (κ3) is 6.96. The van der Waals surface area contributed by atoms with E-state index in [9.17, 15) is 9.59 Å². The molecule has 0 radical (unpaired) electrons. The predicted octanol–water partition coefficient (Wildman–Crippen LogP) is 5.00. The van der Waals surface area contributed by atoms with Gasteiger partial charge in [0.05, 0.1) is 13.0 Å². The smallest absolute Gasteiger partial charge is 0.251 e. The number of carbonyl (C=O) groups is 2. The largest absolute Gasteiger partial charge is 0.356 e. The van der Waals surface area contributed by atoms with E-state index < -0.39 is 0 Å². The predicted molar refractivity (Wildman–Crippen MR) is 127 cm³/mol. The van der Waals surface area contributed by atoms with Crippen LogP contribution in [0.2, 0.25) is 0 Å². The summed E-state index contributed by atoms with van der Waals surface area (Å²) in [5.41, 5.74) is 3.66. The van der Waals surface area contributed by atoms with Crippen molar-refractivity contribution in [2.75, 3.05) is 11.4 Å². The minimum atomic E-state index is -0.111. The maximum absolute atomic E-state index is 13.2. The first-order valence-electron chi connectivity index (χ1n) is 10.6. The summed E-state index contributed by atoms with van der Waals surface area (Å²) >= 11 is 0. The van der Waals surface area contributed by atoms with E-state index in [1.807, 2.05) is 97.9 Å². The third-order valence-electron chi connectivity index (χ3n) is 4.83. The van der Waals surface area contributed by atoms with Gasteiger partial charge in [0.2, 0.25) is 5.91 Å². The van der Waals surface area contributed by atoms with E-state index in [-0.39, 0.29) is 11.8 Å². The van der Waals surface area contributed by atoms with E-state index in [4.69, 9.17) is 0 Å². The fourth-order valence-electron chi connectivity index (χ4n) is 3.23. The zero-order valence-corrected chi connectivity index (χ0v) is 17.8. The first kappa shape index (κ1) is 22.0. The molecule has 3 aromatic carbocycles. The summed E-state index contributed by atoms with van der Waals surface area (Å²) in [5, 5.41) is 2.90. The van der Waals surface area contributed by atoms with Gasteiger partial charge in [0, 0.05) is 18.3 Å². The molecule has 158 valence electrons. The Morgan fingerprint density at radius 2 is 1.55 bits per heavy atom. The third-order valence-corrected chi connectivity index (χ3v) is 4.83. The molecule has 3 rings (SSSR count). The van der Waals surface area contributed by atoms with Gasteiger partial charge in [0.1, 0.15) is 0 Å². The maximum atomic E-state index is 13.2.